The number of allylic oxidation sites excluding steroid dienone is 2. The third-order valence-corrected chi connectivity index (χ3v) is 4.11. The van der Waals surface area contributed by atoms with Gasteiger partial charge in [0.25, 0.3) is 0 Å². The topological polar surface area (TPSA) is 24.1 Å². The number of rotatable bonds is 10. The van der Waals surface area contributed by atoms with Crippen molar-refractivity contribution < 1.29 is 0 Å². The highest BCUT2D eigenvalue weighted by molar-refractivity contribution is 5.61. The first-order valence-electron chi connectivity index (χ1n) is 9.33. The van der Waals surface area contributed by atoms with E-state index in [-0.39, 0.29) is 0 Å². The number of anilines is 2. The Morgan fingerprint density at radius 3 is 2.38 bits per heavy atom. The van der Waals surface area contributed by atoms with Crippen molar-refractivity contribution in [1.29, 1.82) is 0 Å². The largest absolute Gasteiger partial charge is 0.360 e. The zero-order valence-corrected chi connectivity index (χ0v) is 16.0. The number of unbranched alkanes of at least 4 members (excludes halogenated alkanes) is 2. The maximum Gasteiger partial charge on any atom is 0.0416 e. The molecule has 2 aromatic rings. The van der Waals surface area contributed by atoms with E-state index in [1.807, 2.05) is 25.1 Å². The first-order chi connectivity index (χ1) is 12.6. The number of benzene rings is 2. The van der Waals surface area contributed by atoms with Gasteiger partial charge in [0.15, 0.2) is 0 Å². The average Bonchev–Trinajstić information content (AvgIpc) is 2.62. The van der Waals surface area contributed by atoms with Gasteiger partial charge in [-0.15, -0.1) is 0 Å². The maximum absolute atomic E-state index is 4.14. The first kappa shape index (κ1) is 19.6. The molecule has 0 atom stereocenters. The number of hydrogen-bond acceptors (Lipinski definition) is 2. The summed E-state index contributed by atoms with van der Waals surface area (Å²) in [5, 5.41) is 6.65. The molecule has 136 valence electrons. The molecule has 0 amide bonds. The van der Waals surface area contributed by atoms with Crippen LogP contribution in [0.25, 0.3) is 6.08 Å². The van der Waals surface area contributed by atoms with Gasteiger partial charge in [-0.25, -0.2) is 0 Å². The van der Waals surface area contributed by atoms with E-state index in [1.54, 1.807) is 0 Å². The lowest BCUT2D eigenvalue weighted by atomic mass is 10.1. The van der Waals surface area contributed by atoms with Crippen LogP contribution in [0.5, 0.6) is 0 Å². The maximum atomic E-state index is 4.14. The van der Waals surface area contributed by atoms with Gasteiger partial charge in [-0.2, -0.15) is 0 Å². The van der Waals surface area contributed by atoms with Crippen LogP contribution in [0.1, 0.15) is 44.2 Å². The predicted octanol–water partition coefficient (Wildman–Crippen LogP) is 7.00. The number of aryl methyl sites for hydroxylation is 1. The Kier molecular flexibility index (Phi) is 7.75. The third kappa shape index (κ3) is 6.64. The van der Waals surface area contributed by atoms with Crippen LogP contribution in [0.3, 0.4) is 0 Å². The van der Waals surface area contributed by atoms with Crippen molar-refractivity contribution in [3.8, 4) is 0 Å². The van der Waals surface area contributed by atoms with Crippen LogP contribution >= 0.6 is 0 Å². The van der Waals surface area contributed by atoms with Crippen LogP contribution < -0.4 is 10.6 Å². The molecule has 0 fully saturated rings. The van der Waals surface area contributed by atoms with Gasteiger partial charge in [-0.1, -0.05) is 69.3 Å². The predicted molar refractivity (Wildman–Crippen MR) is 116 cm³/mol. The normalized spacial score (nSPS) is 10.7. The average molecular weight is 347 g/mol. The van der Waals surface area contributed by atoms with Crippen molar-refractivity contribution in [2.24, 2.45) is 0 Å². The minimum Gasteiger partial charge on any atom is -0.360 e. The first-order valence-corrected chi connectivity index (χ1v) is 9.33. The Morgan fingerprint density at radius 2 is 1.69 bits per heavy atom. The SMILES string of the molecule is C=C(C)Nc1ccc(/C=C/C(=C)Nc2ccccc2CCCCC)cc1. The second-order valence-electron chi connectivity index (χ2n) is 6.63. The number of hydrogen-bond donors (Lipinski definition) is 2. The molecule has 2 rings (SSSR count). The van der Waals surface area contributed by atoms with Crippen LogP contribution in [-0.2, 0) is 6.42 Å². The molecule has 0 aromatic heterocycles. The Labute approximate surface area is 158 Å². The summed E-state index contributed by atoms with van der Waals surface area (Å²) in [7, 11) is 0. The fraction of sp³-hybridized carbons (Fsp3) is 0.250. The number of nitrogens with one attached hydrogen (secondary N) is 2. The van der Waals surface area contributed by atoms with Crippen LogP contribution in [0.2, 0.25) is 0 Å². The van der Waals surface area contributed by atoms with Gasteiger partial charge in [-0.3, -0.25) is 0 Å². The highest BCUT2D eigenvalue weighted by atomic mass is 14.9. The fourth-order valence-corrected chi connectivity index (χ4v) is 2.76. The van der Waals surface area contributed by atoms with Crippen molar-refractivity contribution in [3.63, 3.8) is 0 Å². The summed E-state index contributed by atoms with van der Waals surface area (Å²) in [5.74, 6) is 0. The second kappa shape index (κ2) is 10.3. The van der Waals surface area contributed by atoms with E-state index in [0.29, 0.717) is 0 Å². The summed E-state index contributed by atoms with van der Waals surface area (Å²) < 4.78 is 0. The highest BCUT2D eigenvalue weighted by Crippen LogP contribution is 2.20. The number of para-hydroxylation sites is 1. The summed E-state index contributed by atoms with van der Waals surface area (Å²) in [6.45, 7) is 12.2. The molecule has 0 saturated heterocycles. The molecule has 0 bridgehead atoms. The second-order valence-corrected chi connectivity index (χ2v) is 6.63. The van der Waals surface area contributed by atoms with E-state index in [2.05, 4.69) is 73.2 Å². The van der Waals surface area contributed by atoms with Crippen LogP contribution in [0.4, 0.5) is 11.4 Å². The summed E-state index contributed by atoms with van der Waals surface area (Å²) in [4.78, 5) is 0. The Hall–Kier alpha value is -2.74. The van der Waals surface area contributed by atoms with E-state index >= 15 is 0 Å². The van der Waals surface area contributed by atoms with Gasteiger partial charge in [0.05, 0.1) is 0 Å². The van der Waals surface area contributed by atoms with Crippen LogP contribution in [0.15, 0.2) is 79.2 Å². The monoisotopic (exact) mass is 346 g/mol. The van der Waals surface area contributed by atoms with E-state index in [1.165, 1.54) is 24.8 Å². The Bertz CT molecular complexity index is 754. The van der Waals surface area contributed by atoms with Gasteiger partial charge in [0.1, 0.15) is 0 Å². The molecule has 0 heterocycles. The molecule has 2 nitrogen and oxygen atoms in total. The smallest absolute Gasteiger partial charge is 0.0416 e. The van der Waals surface area contributed by atoms with Crippen molar-refractivity contribution in [1.82, 2.24) is 0 Å². The molecule has 0 aliphatic rings. The van der Waals surface area contributed by atoms with E-state index in [4.69, 9.17) is 0 Å². The molecule has 2 N–H and O–H groups in total. The van der Waals surface area contributed by atoms with Crippen molar-refractivity contribution in [3.05, 3.63) is 90.3 Å². The minimum atomic E-state index is 0.886. The summed E-state index contributed by atoms with van der Waals surface area (Å²) in [6.07, 6.45) is 8.92. The molecule has 0 aliphatic heterocycles. The van der Waals surface area contributed by atoms with Crippen molar-refractivity contribution in [2.75, 3.05) is 10.6 Å². The lowest BCUT2D eigenvalue weighted by Crippen LogP contribution is -1.99. The van der Waals surface area contributed by atoms with E-state index in [0.717, 1.165) is 34.8 Å². The minimum absolute atomic E-state index is 0.886. The van der Waals surface area contributed by atoms with Gasteiger partial charge >= 0.3 is 0 Å². The van der Waals surface area contributed by atoms with Crippen molar-refractivity contribution >= 4 is 17.5 Å². The summed E-state index contributed by atoms with van der Waals surface area (Å²) in [6, 6.07) is 16.7. The molecular formula is C24H30N2. The molecule has 0 aliphatic carbocycles. The van der Waals surface area contributed by atoms with Crippen molar-refractivity contribution in [2.45, 2.75) is 39.5 Å². The molecule has 2 heteroatoms. The quantitative estimate of drug-likeness (QED) is 0.357. The van der Waals surface area contributed by atoms with Gasteiger partial charge in [-0.05, 0) is 55.2 Å². The van der Waals surface area contributed by atoms with Gasteiger partial charge in [0, 0.05) is 22.8 Å². The summed E-state index contributed by atoms with van der Waals surface area (Å²) in [5.41, 5.74) is 6.51. The summed E-state index contributed by atoms with van der Waals surface area (Å²) >= 11 is 0. The lowest BCUT2D eigenvalue weighted by Gasteiger charge is -2.12. The fourth-order valence-electron chi connectivity index (χ4n) is 2.76. The van der Waals surface area contributed by atoms with E-state index in [9.17, 15) is 0 Å². The molecule has 0 spiro atoms. The molecule has 2 aromatic carbocycles. The Morgan fingerprint density at radius 1 is 0.962 bits per heavy atom. The Balaban J connectivity index is 1.96. The zero-order valence-electron chi connectivity index (χ0n) is 16.0. The van der Waals surface area contributed by atoms with Crippen LogP contribution in [-0.4, -0.2) is 0 Å². The molecular weight excluding hydrogens is 316 g/mol. The van der Waals surface area contributed by atoms with Gasteiger partial charge in [0.2, 0.25) is 0 Å². The van der Waals surface area contributed by atoms with E-state index < -0.39 is 0 Å². The molecule has 0 unspecified atom stereocenters. The molecule has 26 heavy (non-hydrogen) atoms. The standard InChI is InChI=1S/C24H30N2/c1-5-6-7-10-22-11-8-9-12-24(22)26-20(4)13-14-21-15-17-23(18-16-21)25-19(2)3/h8-9,11-18,25-26H,2,4-7,10H2,1,3H3/b14-13+. The lowest BCUT2D eigenvalue weighted by molar-refractivity contribution is 0.718. The third-order valence-electron chi connectivity index (χ3n) is 4.11. The molecule has 0 radical (unpaired) electrons. The molecule has 0 saturated carbocycles. The zero-order chi connectivity index (χ0) is 18.8. The highest BCUT2D eigenvalue weighted by Gasteiger charge is 2.01. The van der Waals surface area contributed by atoms with Crippen LogP contribution in [0, 0.1) is 0 Å². The van der Waals surface area contributed by atoms with Gasteiger partial charge < -0.3 is 10.6 Å².